The maximum Gasteiger partial charge on any atom is 0.329 e. The average molecular weight is 472 g/mol. The van der Waals surface area contributed by atoms with Gasteiger partial charge in [0, 0.05) is 19.2 Å². The summed E-state index contributed by atoms with van der Waals surface area (Å²) >= 11 is 0. The van der Waals surface area contributed by atoms with Crippen molar-refractivity contribution in [2.45, 2.75) is 26.8 Å². The quantitative estimate of drug-likeness (QED) is 0.388. The molecule has 0 saturated heterocycles. The average Bonchev–Trinajstić information content (AvgIpc) is 3.25. The number of nitrogens with one attached hydrogen (secondary N) is 1. The first-order chi connectivity index (χ1) is 16.3. The molecule has 1 atom stereocenters. The van der Waals surface area contributed by atoms with Gasteiger partial charge in [-0.2, -0.15) is 15.6 Å². The molecule has 1 aromatic rings. The summed E-state index contributed by atoms with van der Waals surface area (Å²) in [6.07, 6.45) is 10.8. The number of terminal acetylenes is 1. The number of carbonyl (C=O) groups is 2. The van der Waals surface area contributed by atoms with Gasteiger partial charge in [-0.25, -0.2) is 13.6 Å². The number of methoxy groups -OCH3 is 1. The van der Waals surface area contributed by atoms with Gasteiger partial charge in [-0.05, 0) is 13.0 Å². The molecule has 1 aromatic heterocycles. The number of anilines is 1. The molecule has 1 unspecified atom stereocenters. The normalized spacial score (nSPS) is 16.9. The van der Waals surface area contributed by atoms with E-state index in [4.69, 9.17) is 11.2 Å². The Bertz CT molecular complexity index is 1110. The largest absolute Gasteiger partial charge is 0.495 e. The van der Waals surface area contributed by atoms with Gasteiger partial charge in [-0.3, -0.25) is 19.6 Å². The summed E-state index contributed by atoms with van der Waals surface area (Å²) in [6.45, 7) is 5.36. The Balaban J connectivity index is 0.00000199. The number of rotatable bonds is 6. The fraction of sp³-hybridized carbons (Fsp3) is 0.304. The summed E-state index contributed by atoms with van der Waals surface area (Å²) in [4.78, 5) is 31.6. The summed E-state index contributed by atoms with van der Waals surface area (Å²) in [5.41, 5.74) is 3.49. The van der Waals surface area contributed by atoms with Crippen molar-refractivity contribution < 1.29 is 23.1 Å². The molecule has 1 N–H and O–H groups in total. The molecule has 180 valence electrons. The Morgan fingerprint density at radius 1 is 1.35 bits per heavy atom. The zero-order valence-corrected chi connectivity index (χ0v) is 19.5. The van der Waals surface area contributed by atoms with Crippen LogP contribution in [0.1, 0.15) is 20.8 Å². The Labute approximate surface area is 197 Å². The number of pyridine rings is 1. The molecule has 0 radical (unpaired) electrons. The van der Waals surface area contributed by atoms with Gasteiger partial charge in [0.05, 0.1) is 49.2 Å². The van der Waals surface area contributed by atoms with E-state index in [0.717, 1.165) is 17.3 Å². The second-order valence-corrected chi connectivity index (χ2v) is 6.75. The van der Waals surface area contributed by atoms with Gasteiger partial charge in [-0.15, -0.1) is 6.42 Å². The summed E-state index contributed by atoms with van der Waals surface area (Å²) in [7, 11) is 2.99. The minimum atomic E-state index is -1.06. The van der Waals surface area contributed by atoms with Crippen LogP contribution in [0.4, 0.5) is 19.3 Å². The van der Waals surface area contributed by atoms with E-state index in [-0.39, 0.29) is 23.7 Å². The number of halogens is 2. The zero-order chi connectivity index (χ0) is 25.4. The highest BCUT2D eigenvalue weighted by Gasteiger charge is 2.32. The molecule has 3 rings (SSSR count). The first kappa shape index (κ1) is 26.2. The maximum atomic E-state index is 13.6. The van der Waals surface area contributed by atoms with Crippen molar-refractivity contribution >= 4 is 23.7 Å². The van der Waals surface area contributed by atoms with Crippen molar-refractivity contribution in [1.82, 2.24) is 20.4 Å². The predicted octanol–water partition coefficient (Wildman–Crippen LogP) is 3.30. The first-order valence-corrected chi connectivity index (χ1v) is 10.3. The smallest absolute Gasteiger partial charge is 0.329 e. The van der Waals surface area contributed by atoms with E-state index in [1.54, 1.807) is 6.07 Å². The number of urea groups is 1. The lowest BCUT2D eigenvalue weighted by Crippen LogP contribution is -2.43. The minimum absolute atomic E-state index is 0.0599. The highest BCUT2D eigenvalue weighted by molar-refractivity contribution is 6.03. The molecule has 9 nitrogen and oxygen atoms in total. The third kappa shape index (κ3) is 5.47. The number of aromatic nitrogens is 1. The summed E-state index contributed by atoms with van der Waals surface area (Å²) in [6, 6.07) is 0.301. The molecular formula is C23H26F2N6O3. The van der Waals surface area contributed by atoms with Crippen LogP contribution in [0.3, 0.4) is 0 Å². The standard InChI is InChI=1S/C21H20F2N6O3.C2H6/c1-5-6-28(21(31)27(3)14-7-15(32-4)11-24-10-14)13(2)20(12-30)29-25-18-8-16(22)17(23)9-19(18)26-29;1-2/h1,7-12,18,25H,6H2,2-4H3;1-2H3/b20-13+;. The Morgan fingerprint density at radius 3 is 2.68 bits per heavy atom. The number of fused-ring (bicyclic) bond motifs is 1. The summed E-state index contributed by atoms with van der Waals surface area (Å²) < 4.78 is 32.2. The van der Waals surface area contributed by atoms with Crippen LogP contribution in [-0.2, 0) is 4.79 Å². The van der Waals surface area contributed by atoms with Crippen molar-refractivity contribution in [2.75, 3.05) is 25.6 Å². The number of hydrazine groups is 1. The molecule has 0 fully saturated rings. The van der Waals surface area contributed by atoms with Crippen LogP contribution < -0.4 is 15.1 Å². The molecule has 0 aromatic carbocycles. The van der Waals surface area contributed by atoms with Crippen LogP contribution >= 0.6 is 0 Å². The van der Waals surface area contributed by atoms with Crippen LogP contribution in [0.25, 0.3) is 0 Å². The number of nitrogens with zero attached hydrogens (tertiary/aromatic N) is 5. The lowest BCUT2D eigenvalue weighted by Gasteiger charge is -2.29. The Hall–Kier alpha value is -4.04. The van der Waals surface area contributed by atoms with E-state index >= 15 is 0 Å². The molecule has 34 heavy (non-hydrogen) atoms. The van der Waals surface area contributed by atoms with Crippen LogP contribution in [0.5, 0.6) is 5.75 Å². The van der Waals surface area contributed by atoms with E-state index in [0.29, 0.717) is 17.7 Å². The maximum absolute atomic E-state index is 13.6. The van der Waals surface area contributed by atoms with Crippen molar-refractivity contribution in [3.05, 3.63) is 53.7 Å². The highest BCUT2D eigenvalue weighted by atomic mass is 19.2. The predicted molar refractivity (Wildman–Crippen MR) is 125 cm³/mol. The molecule has 2 heterocycles. The number of allylic oxidation sites excluding steroid dienone is 4. The molecule has 0 bridgehead atoms. The minimum Gasteiger partial charge on any atom is -0.495 e. The number of amides is 2. The van der Waals surface area contributed by atoms with Gasteiger partial charge in [0.2, 0.25) is 0 Å². The van der Waals surface area contributed by atoms with Gasteiger partial charge < -0.3 is 4.74 Å². The van der Waals surface area contributed by atoms with Crippen LogP contribution in [0.15, 0.2) is 58.8 Å². The topological polar surface area (TPSA) is 90.4 Å². The molecule has 2 aliphatic rings. The number of hydrazone groups is 1. The molecule has 0 spiro atoms. The lowest BCUT2D eigenvalue weighted by molar-refractivity contribution is -0.106. The van der Waals surface area contributed by atoms with Crippen molar-refractivity contribution in [3.8, 4) is 18.1 Å². The van der Waals surface area contributed by atoms with Gasteiger partial charge >= 0.3 is 6.03 Å². The van der Waals surface area contributed by atoms with Gasteiger partial charge in [0.15, 0.2) is 17.9 Å². The molecular weight excluding hydrogens is 446 g/mol. The van der Waals surface area contributed by atoms with Crippen molar-refractivity contribution in [3.63, 3.8) is 0 Å². The van der Waals surface area contributed by atoms with E-state index in [1.807, 2.05) is 13.8 Å². The van der Waals surface area contributed by atoms with Crippen molar-refractivity contribution in [1.29, 1.82) is 0 Å². The number of aldehydes is 1. The molecule has 1 aliphatic carbocycles. The zero-order valence-electron chi connectivity index (χ0n) is 19.5. The Kier molecular flexibility index (Phi) is 9.03. The highest BCUT2D eigenvalue weighted by Crippen LogP contribution is 2.26. The second-order valence-electron chi connectivity index (χ2n) is 6.75. The number of hydrogen-bond acceptors (Lipinski definition) is 7. The van der Waals surface area contributed by atoms with Gasteiger partial charge in [-0.1, -0.05) is 19.8 Å². The van der Waals surface area contributed by atoms with Crippen LogP contribution in [0.2, 0.25) is 0 Å². The lowest BCUT2D eigenvalue weighted by atomic mass is 10.1. The monoisotopic (exact) mass is 472 g/mol. The molecule has 2 amide bonds. The fourth-order valence-electron chi connectivity index (χ4n) is 3.04. The SMILES string of the molecule is C#CCN(C(=O)N(C)c1cncc(OC)c1)/C(C)=C(\C=O)N1N=C2C=C(F)C(F)=CC2N1.CC. The number of hydrogen-bond donors (Lipinski definition) is 1. The third-order valence-electron chi connectivity index (χ3n) is 4.82. The van der Waals surface area contributed by atoms with E-state index in [2.05, 4.69) is 21.4 Å². The van der Waals surface area contributed by atoms with Gasteiger partial charge in [0.25, 0.3) is 0 Å². The fourth-order valence-corrected chi connectivity index (χ4v) is 3.04. The second kappa shape index (κ2) is 11.7. The number of carbonyl (C=O) groups excluding carboxylic acids is 2. The summed E-state index contributed by atoms with van der Waals surface area (Å²) in [5.74, 6) is 0.742. The van der Waals surface area contributed by atoms with E-state index in [9.17, 15) is 18.4 Å². The molecule has 11 heteroatoms. The number of ether oxygens (including phenoxy) is 1. The van der Waals surface area contributed by atoms with E-state index < -0.39 is 23.7 Å². The van der Waals surface area contributed by atoms with Crippen LogP contribution in [0, 0.1) is 12.3 Å². The molecule has 0 saturated carbocycles. The molecule has 1 aliphatic heterocycles. The van der Waals surface area contributed by atoms with Crippen molar-refractivity contribution in [2.24, 2.45) is 5.10 Å². The van der Waals surface area contributed by atoms with Gasteiger partial charge in [0.1, 0.15) is 11.4 Å². The first-order valence-electron chi connectivity index (χ1n) is 10.3. The Morgan fingerprint density at radius 2 is 2.06 bits per heavy atom. The summed E-state index contributed by atoms with van der Waals surface area (Å²) in [5, 5.41) is 5.17. The van der Waals surface area contributed by atoms with Crippen LogP contribution in [-0.4, -0.2) is 59.8 Å². The van der Waals surface area contributed by atoms with E-state index in [1.165, 1.54) is 43.3 Å². The third-order valence-corrected chi connectivity index (χ3v) is 4.82.